The van der Waals surface area contributed by atoms with E-state index in [0.717, 1.165) is 26.1 Å². The summed E-state index contributed by atoms with van der Waals surface area (Å²) >= 11 is 0. The normalized spacial score (nSPS) is 21.8. The Balaban J connectivity index is 2.07. The predicted octanol–water partition coefficient (Wildman–Crippen LogP) is 1.94. The molecule has 1 aliphatic rings. The van der Waals surface area contributed by atoms with Crippen molar-refractivity contribution in [2.45, 2.75) is 32.4 Å². The zero-order valence-electron chi connectivity index (χ0n) is 11.6. The van der Waals surface area contributed by atoms with Crippen LogP contribution < -0.4 is 10.6 Å². The van der Waals surface area contributed by atoms with Crippen molar-refractivity contribution in [2.75, 3.05) is 26.7 Å². The van der Waals surface area contributed by atoms with Crippen molar-refractivity contribution in [1.29, 1.82) is 0 Å². The quantitative estimate of drug-likeness (QED) is 0.854. The fraction of sp³-hybridized carbons (Fsp3) is 0.600. The van der Waals surface area contributed by atoms with Crippen molar-refractivity contribution in [1.82, 2.24) is 10.6 Å². The van der Waals surface area contributed by atoms with Gasteiger partial charge < -0.3 is 15.4 Å². The Morgan fingerprint density at radius 2 is 2.28 bits per heavy atom. The maximum atomic E-state index is 5.79. The van der Waals surface area contributed by atoms with Gasteiger partial charge in [0, 0.05) is 19.1 Å². The molecule has 1 aromatic carbocycles. The molecule has 0 aliphatic carbocycles. The third-order valence-electron chi connectivity index (χ3n) is 3.65. The van der Waals surface area contributed by atoms with Gasteiger partial charge in [-0.15, -0.1) is 0 Å². The number of rotatable bonds is 4. The van der Waals surface area contributed by atoms with Crippen LogP contribution in [0.5, 0.6) is 0 Å². The highest BCUT2D eigenvalue weighted by molar-refractivity contribution is 5.32. The summed E-state index contributed by atoms with van der Waals surface area (Å²) in [7, 11) is 2.03. The Morgan fingerprint density at radius 3 is 2.89 bits per heavy atom. The van der Waals surface area contributed by atoms with Gasteiger partial charge in [-0.25, -0.2) is 0 Å². The van der Waals surface area contributed by atoms with Crippen LogP contribution in [0.3, 0.4) is 0 Å². The lowest BCUT2D eigenvalue weighted by Gasteiger charge is -2.28. The largest absolute Gasteiger partial charge is 0.376 e. The van der Waals surface area contributed by atoms with Crippen molar-refractivity contribution in [3.63, 3.8) is 0 Å². The van der Waals surface area contributed by atoms with E-state index in [2.05, 4.69) is 42.7 Å². The number of hydrogen-bond donors (Lipinski definition) is 2. The maximum absolute atomic E-state index is 5.79. The van der Waals surface area contributed by atoms with Gasteiger partial charge in [0.2, 0.25) is 0 Å². The Kier molecular flexibility index (Phi) is 4.75. The van der Waals surface area contributed by atoms with E-state index in [-0.39, 0.29) is 0 Å². The van der Waals surface area contributed by atoms with Gasteiger partial charge in [-0.3, -0.25) is 0 Å². The highest BCUT2D eigenvalue weighted by atomic mass is 16.5. The third kappa shape index (κ3) is 3.31. The monoisotopic (exact) mass is 248 g/mol. The molecule has 3 nitrogen and oxygen atoms in total. The minimum absolute atomic E-state index is 0.317. The summed E-state index contributed by atoms with van der Waals surface area (Å²) in [6.07, 6.45) is 1.34. The number of nitrogens with one attached hydrogen (secondary N) is 2. The van der Waals surface area contributed by atoms with E-state index < -0.39 is 0 Å². The van der Waals surface area contributed by atoms with Gasteiger partial charge in [0.25, 0.3) is 0 Å². The van der Waals surface area contributed by atoms with E-state index in [1.165, 1.54) is 16.7 Å². The molecule has 0 aromatic heterocycles. The minimum atomic E-state index is 0.317. The summed E-state index contributed by atoms with van der Waals surface area (Å²) in [6.45, 7) is 7.09. The van der Waals surface area contributed by atoms with Crippen molar-refractivity contribution < 1.29 is 4.74 Å². The Bertz CT molecular complexity index is 386. The molecular weight excluding hydrogens is 224 g/mol. The smallest absolute Gasteiger partial charge is 0.0718 e. The van der Waals surface area contributed by atoms with Crippen molar-refractivity contribution >= 4 is 0 Å². The minimum Gasteiger partial charge on any atom is -0.376 e. The van der Waals surface area contributed by atoms with Crippen LogP contribution in [0.25, 0.3) is 0 Å². The first kappa shape index (κ1) is 13.5. The van der Waals surface area contributed by atoms with Gasteiger partial charge in [-0.2, -0.15) is 0 Å². The second-order valence-corrected chi connectivity index (χ2v) is 5.13. The lowest BCUT2D eigenvalue weighted by molar-refractivity contribution is 0.0176. The molecule has 0 saturated carbocycles. The zero-order valence-corrected chi connectivity index (χ0v) is 11.6. The molecule has 18 heavy (non-hydrogen) atoms. The summed E-state index contributed by atoms with van der Waals surface area (Å²) in [6, 6.07) is 7.05. The first-order chi connectivity index (χ1) is 8.70. The molecule has 1 heterocycles. The molecule has 1 aliphatic heterocycles. The number of ether oxygens (including phenoxy) is 1. The highest BCUT2D eigenvalue weighted by Crippen LogP contribution is 2.24. The van der Waals surface area contributed by atoms with Crippen LogP contribution in [-0.4, -0.2) is 32.8 Å². The second kappa shape index (κ2) is 6.32. The van der Waals surface area contributed by atoms with Gasteiger partial charge in [0.05, 0.1) is 12.7 Å². The summed E-state index contributed by atoms with van der Waals surface area (Å²) < 4.78 is 5.79. The van der Waals surface area contributed by atoms with Gasteiger partial charge in [0.1, 0.15) is 0 Å². The van der Waals surface area contributed by atoms with Gasteiger partial charge in [-0.1, -0.05) is 23.8 Å². The number of aryl methyl sites for hydroxylation is 2. The van der Waals surface area contributed by atoms with Crippen LogP contribution >= 0.6 is 0 Å². The number of hydrogen-bond acceptors (Lipinski definition) is 3. The molecule has 3 heteroatoms. The van der Waals surface area contributed by atoms with E-state index in [9.17, 15) is 0 Å². The molecule has 1 saturated heterocycles. The Morgan fingerprint density at radius 1 is 1.44 bits per heavy atom. The lowest BCUT2D eigenvalue weighted by atomic mass is 9.95. The number of morpholine rings is 1. The predicted molar refractivity (Wildman–Crippen MR) is 74.9 cm³/mol. The molecule has 0 spiro atoms. The standard InChI is InChI=1S/C15H24N2O/c1-11-4-5-14(12(2)8-11)15(16-3)9-13-10-17-6-7-18-13/h4-5,8,13,15-17H,6-7,9-10H2,1-3H3. The summed E-state index contributed by atoms with van der Waals surface area (Å²) in [5.74, 6) is 0. The lowest BCUT2D eigenvalue weighted by Crippen LogP contribution is -2.40. The maximum Gasteiger partial charge on any atom is 0.0718 e. The average Bonchev–Trinajstić information content (AvgIpc) is 2.38. The number of benzene rings is 1. The van der Waals surface area contributed by atoms with Gasteiger partial charge in [-0.05, 0) is 38.4 Å². The summed E-state index contributed by atoms with van der Waals surface area (Å²) in [4.78, 5) is 0. The molecule has 2 rings (SSSR count). The van der Waals surface area contributed by atoms with Crippen molar-refractivity contribution in [3.8, 4) is 0 Å². The first-order valence-electron chi connectivity index (χ1n) is 6.77. The van der Waals surface area contributed by atoms with Crippen LogP contribution in [0, 0.1) is 13.8 Å². The molecule has 2 unspecified atom stereocenters. The van der Waals surface area contributed by atoms with Crippen LogP contribution in [0.4, 0.5) is 0 Å². The van der Waals surface area contributed by atoms with Crippen LogP contribution in [0.15, 0.2) is 18.2 Å². The van der Waals surface area contributed by atoms with Crippen LogP contribution in [0.2, 0.25) is 0 Å². The first-order valence-corrected chi connectivity index (χ1v) is 6.77. The third-order valence-corrected chi connectivity index (χ3v) is 3.65. The zero-order chi connectivity index (χ0) is 13.0. The molecule has 0 bridgehead atoms. The van der Waals surface area contributed by atoms with E-state index in [4.69, 9.17) is 4.74 Å². The molecule has 0 amide bonds. The molecule has 1 aromatic rings. The molecule has 100 valence electrons. The Hall–Kier alpha value is -0.900. The SMILES string of the molecule is CNC(CC1CNCCO1)c1ccc(C)cc1C. The van der Waals surface area contributed by atoms with Crippen molar-refractivity contribution in [2.24, 2.45) is 0 Å². The van der Waals surface area contributed by atoms with Crippen molar-refractivity contribution in [3.05, 3.63) is 34.9 Å². The molecule has 2 N–H and O–H groups in total. The fourth-order valence-corrected chi connectivity index (χ4v) is 2.65. The molecule has 0 radical (unpaired) electrons. The van der Waals surface area contributed by atoms with E-state index >= 15 is 0 Å². The second-order valence-electron chi connectivity index (χ2n) is 5.13. The highest BCUT2D eigenvalue weighted by Gasteiger charge is 2.20. The van der Waals surface area contributed by atoms with E-state index in [0.29, 0.717) is 12.1 Å². The van der Waals surface area contributed by atoms with Gasteiger partial charge >= 0.3 is 0 Å². The van der Waals surface area contributed by atoms with Gasteiger partial charge in [0.15, 0.2) is 0 Å². The summed E-state index contributed by atoms with van der Waals surface area (Å²) in [5, 5.41) is 6.80. The van der Waals surface area contributed by atoms with Crippen LogP contribution in [-0.2, 0) is 4.74 Å². The van der Waals surface area contributed by atoms with Crippen LogP contribution in [0.1, 0.15) is 29.2 Å². The fourth-order valence-electron chi connectivity index (χ4n) is 2.65. The Labute approximate surface area is 110 Å². The molecular formula is C15H24N2O. The molecule has 1 fully saturated rings. The van der Waals surface area contributed by atoms with E-state index in [1.54, 1.807) is 0 Å². The average molecular weight is 248 g/mol. The molecule has 2 atom stereocenters. The topological polar surface area (TPSA) is 33.3 Å². The summed E-state index contributed by atoms with van der Waals surface area (Å²) in [5.41, 5.74) is 4.07. The van der Waals surface area contributed by atoms with E-state index in [1.807, 2.05) is 7.05 Å².